The van der Waals surface area contributed by atoms with Crippen LogP contribution in [-0.2, 0) is 32.0 Å². The highest BCUT2D eigenvalue weighted by molar-refractivity contribution is 5.91. The van der Waals surface area contributed by atoms with Crippen LogP contribution in [0.2, 0.25) is 0 Å². The van der Waals surface area contributed by atoms with Gasteiger partial charge >= 0.3 is 6.09 Å². The highest BCUT2D eigenvalue weighted by Crippen LogP contribution is 2.68. The molecule has 5 N–H and O–H groups in total. The molecule has 2 aromatic rings. The van der Waals surface area contributed by atoms with E-state index in [9.17, 15) is 19.2 Å². The topological polar surface area (TPSA) is 177 Å². The van der Waals surface area contributed by atoms with Crippen LogP contribution in [0.5, 0.6) is 0 Å². The fraction of sp³-hybridized carbons (Fsp3) is 0.803. The zero-order valence-corrected chi connectivity index (χ0v) is 47.5. The molecule has 5 aliphatic rings. The summed E-state index contributed by atoms with van der Waals surface area (Å²) in [6.07, 6.45) is 42.6. The second-order valence-electron chi connectivity index (χ2n) is 24.9. The Kier molecular flexibility index (Phi) is 22.6. The van der Waals surface area contributed by atoms with Crippen LogP contribution in [-0.4, -0.2) is 112 Å². The van der Waals surface area contributed by atoms with E-state index >= 15 is 0 Å². The summed E-state index contributed by atoms with van der Waals surface area (Å²) in [7, 11) is 3.76. The van der Waals surface area contributed by atoms with E-state index in [1.807, 2.05) is 19.0 Å². The molecule has 0 aromatic carbocycles. The largest absolute Gasteiger partial charge is 0.446 e. The smallest absolute Gasteiger partial charge is 0.407 e. The second kappa shape index (κ2) is 29.0. The van der Waals surface area contributed by atoms with Gasteiger partial charge in [-0.25, -0.2) is 14.8 Å². The van der Waals surface area contributed by atoms with Crippen molar-refractivity contribution in [1.82, 2.24) is 45.7 Å². The lowest BCUT2D eigenvalue weighted by Crippen LogP contribution is -2.54. The molecule has 0 radical (unpaired) electrons. The molecule has 75 heavy (non-hydrogen) atoms. The van der Waals surface area contributed by atoms with E-state index in [2.05, 4.69) is 75.7 Å². The zero-order chi connectivity index (χ0) is 53.2. The molecular weight excluding hydrogens is 939 g/mol. The molecule has 2 aromatic heterocycles. The molecular formula is C61H101N9O5. The number of nitrogens with zero attached hydrogens (tertiary/aromatic N) is 4. The number of likely N-dealkylation sites (N-methyl/N-ethyl adjacent to an activating group) is 1. The highest BCUT2D eigenvalue weighted by Gasteiger charge is 2.61. The second-order valence-corrected chi connectivity index (χ2v) is 24.9. The number of aromatic amines is 2. The van der Waals surface area contributed by atoms with E-state index in [4.69, 9.17) is 4.74 Å². The van der Waals surface area contributed by atoms with Gasteiger partial charge in [-0.2, -0.15) is 0 Å². The van der Waals surface area contributed by atoms with Crippen molar-refractivity contribution in [3.05, 3.63) is 48.6 Å². The summed E-state index contributed by atoms with van der Waals surface area (Å²) in [5.74, 6) is 4.26. The van der Waals surface area contributed by atoms with Crippen LogP contribution in [0.4, 0.5) is 4.79 Å². The first-order chi connectivity index (χ1) is 36.3. The Morgan fingerprint density at radius 3 is 2.27 bits per heavy atom. The van der Waals surface area contributed by atoms with Crippen LogP contribution < -0.4 is 16.0 Å². The summed E-state index contributed by atoms with van der Waals surface area (Å²) in [6, 6.07) is -1.51. The quantitative estimate of drug-likeness (QED) is 0.0379. The van der Waals surface area contributed by atoms with Crippen molar-refractivity contribution in [2.75, 3.05) is 33.7 Å². The van der Waals surface area contributed by atoms with Crippen LogP contribution in [0, 0.1) is 46.3 Å². The number of imidazole rings is 2. The molecule has 7 rings (SSSR count). The van der Waals surface area contributed by atoms with Crippen molar-refractivity contribution in [2.45, 2.75) is 232 Å². The molecule has 3 heterocycles. The number of H-pyrrole nitrogens is 2. The summed E-state index contributed by atoms with van der Waals surface area (Å²) in [6.45, 7) is 11.2. The molecule has 5 fully saturated rings. The van der Waals surface area contributed by atoms with E-state index in [-0.39, 0.29) is 47.9 Å². The normalized spacial score (nSPS) is 29.1. The summed E-state index contributed by atoms with van der Waals surface area (Å²) in [5, 5.41) is 9.40. The van der Waals surface area contributed by atoms with E-state index in [1.54, 1.807) is 29.8 Å². The SMILES string of the molecule is CCCCCCCCC=CCCCCCCCCNC(=O)O[C@@H]1CC[C@@]2(C)C(CCC3C2CC[C@@]2(C)C3CC[C@@H]2[C@H](C)CCC(=O)N[C@H]2C[C@@H](C(=O)NCCc3ncc[nH]3)N(C(=O)C(Cc3cnc[nH]3)N(C)C)C2)C1. The van der Waals surface area contributed by atoms with Crippen LogP contribution >= 0.6 is 0 Å². The van der Waals surface area contributed by atoms with Gasteiger partial charge in [0.2, 0.25) is 17.7 Å². The Morgan fingerprint density at radius 1 is 0.840 bits per heavy atom. The van der Waals surface area contributed by atoms with Crippen molar-refractivity contribution in [3.63, 3.8) is 0 Å². The van der Waals surface area contributed by atoms with Crippen LogP contribution in [0.15, 0.2) is 37.1 Å². The summed E-state index contributed by atoms with van der Waals surface area (Å²) >= 11 is 0. The third kappa shape index (κ3) is 16.0. The number of rotatable bonds is 30. The number of nitrogens with one attached hydrogen (secondary N) is 5. The number of likely N-dealkylation sites (tertiary alicyclic amines) is 1. The Balaban J connectivity index is 0.806. The van der Waals surface area contributed by atoms with Crippen LogP contribution in [0.1, 0.15) is 206 Å². The van der Waals surface area contributed by atoms with Crippen molar-refractivity contribution in [3.8, 4) is 0 Å². The molecule has 4 saturated carbocycles. The van der Waals surface area contributed by atoms with Gasteiger partial charge < -0.3 is 35.6 Å². The number of unbranched alkanes of at least 4 members (excludes halogenated alkanes) is 12. The molecule has 4 aliphatic carbocycles. The number of amides is 4. The first-order valence-corrected chi connectivity index (χ1v) is 30.4. The first-order valence-electron chi connectivity index (χ1n) is 30.4. The number of allylic oxidation sites excluding steroid dienone is 2. The van der Waals surface area contributed by atoms with E-state index in [1.165, 1.54) is 116 Å². The molecule has 14 nitrogen and oxygen atoms in total. The van der Waals surface area contributed by atoms with Crippen LogP contribution in [0.3, 0.4) is 0 Å². The summed E-state index contributed by atoms with van der Waals surface area (Å²) < 4.78 is 6.11. The van der Waals surface area contributed by atoms with Crippen molar-refractivity contribution in [2.24, 2.45) is 46.3 Å². The van der Waals surface area contributed by atoms with Gasteiger partial charge in [0.25, 0.3) is 0 Å². The molecule has 0 bridgehead atoms. The maximum Gasteiger partial charge on any atom is 0.407 e. The van der Waals surface area contributed by atoms with Gasteiger partial charge in [0.05, 0.1) is 12.4 Å². The molecule has 12 atom stereocenters. The molecule has 5 unspecified atom stereocenters. The lowest BCUT2D eigenvalue weighted by molar-refractivity contribution is -0.142. The Bertz CT molecular complexity index is 2060. The van der Waals surface area contributed by atoms with Gasteiger partial charge in [0.1, 0.15) is 18.0 Å². The number of fused-ring (bicyclic) bond motifs is 5. The van der Waals surface area contributed by atoms with E-state index in [0.717, 1.165) is 67.8 Å². The molecule has 14 heteroatoms. The maximum atomic E-state index is 14.3. The average Bonchev–Trinajstić information content (AvgIpc) is 4.26. The summed E-state index contributed by atoms with van der Waals surface area (Å²) in [4.78, 5) is 73.0. The fourth-order valence-corrected chi connectivity index (χ4v) is 15.5. The van der Waals surface area contributed by atoms with Gasteiger partial charge in [-0.05, 0) is 163 Å². The van der Waals surface area contributed by atoms with Gasteiger partial charge in [-0.1, -0.05) is 97.6 Å². The zero-order valence-electron chi connectivity index (χ0n) is 47.5. The molecule has 4 amide bonds. The minimum Gasteiger partial charge on any atom is -0.446 e. The van der Waals surface area contributed by atoms with E-state index < -0.39 is 12.1 Å². The number of carbonyl (C=O) groups is 4. The number of carbonyl (C=O) groups excluding carboxylic acids is 4. The van der Waals surface area contributed by atoms with Crippen molar-refractivity contribution >= 4 is 23.8 Å². The Labute approximate surface area is 452 Å². The molecule has 1 aliphatic heterocycles. The number of aromatic nitrogens is 4. The lowest BCUT2D eigenvalue weighted by atomic mass is 9.44. The van der Waals surface area contributed by atoms with Crippen molar-refractivity contribution < 1.29 is 23.9 Å². The molecule has 420 valence electrons. The minimum atomic E-state index is -0.692. The highest BCUT2D eigenvalue weighted by atomic mass is 16.6. The van der Waals surface area contributed by atoms with Crippen LogP contribution in [0.25, 0.3) is 0 Å². The number of hydrogen-bond donors (Lipinski definition) is 5. The first kappa shape index (κ1) is 58.5. The minimum absolute atomic E-state index is 0.000191. The maximum absolute atomic E-state index is 14.3. The third-order valence-corrected chi connectivity index (χ3v) is 19.8. The number of alkyl carbamates (subject to hydrolysis) is 1. The van der Waals surface area contributed by atoms with Crippen molar-refractivity contribution in [1.29, 1.82) is 0 Å². The van der Waals surface area contributed by atoms with Gasteiger partial charge in [0.15, 0.2) is 0 Å². The predicted octanol–water partition coefficient (Wildman–Crippen LogP) is 11.3. The Hall–Kier alpha value is -4.20. The average molecular weight is 1040 g/mol. The van der Waals surface area contributed by atoms with Gasteiger partial charge in [-0.15, -0.1) is 0 Å². The lowest BCUT2D eigenvalue weighted by Gasteiger charge is -2.61. The number of ether oxygens (including phenoxy) is 1. The summed E-state index contributed by atoms with van der Waals surface area (Å²) in [5.41, 5.74) is 1.43. The number of hydrogen-bond acceptors (Lipinski definition) is 8. The van der Waals surface area contributed by atoms with Gasteiger partial charge in [0, 0.05) is 69.2 Å². The standard InChI is InChI=1S/C61H101N9O5/c1-7-8-9-10-11-12-13-14-15-16-17-18-19-20-21-22-34-66-59(74)75-48-29-32-60(3)45(38-48)24-25-49-51-27-26-50(61(51,4)33-30-52(49)60)44(2)23-28-56(71)68-47-40-53(57(72)65-35-31-55-63-36-37-64-55)70(42-47)58(73)54(69(5)6)39-46-41-62-43-67-46/h14-15,36-37,41,43-45,47-54H,7-13,16-35,38-40,42H2,1-6H3,(H,62,67)(H,63,64)(H,65,72)(H,66,74)(H,68,71)/t44-,45?,47+,48-,49?,50-,51?,52?,53+,54?,60+,61-/m1/s1. The molecule has 0 spiro atoms. The third-order valence-electron chi connectivity index (χ3n) is 19.8. The predicted molar refractivity (Wildman–Crippen MR) is 298 cm³/mol. The fourth-order valence-electron chi connectivity index (χ4n) is 15.5. The monoisotopic (exact) mass is 1040 g/mol. The Morgan fingerprint density at radius 2 is 1.56 bits per heavy atom. The molecule has 1 saturated heterocycles. The van der Waals surface area contributed by atoms with Gasteiger partial charge in [-0.3, -0.25) is 19.3 Å². The van der Waals surface area contributed by atoms with E-state index in [0.29, 0.717) is 61.9 Å².